The summed E-state index contributed by atoms with van der Waals surface area (Å²) in [7, 11) is 0. The van der Waals surface area contributed by atoms with E-state index in [1.165, 1.54) is 12.8 Å². The lowest BCUT2D eigenvalue weighted by atomic mass is 9.83. The average Bonchev–Trinajstić information content (AvgIpc) is 2.00. The molecule has 0 saturated heterocycles. The molecule has 1 unspecified atom stereocenters. The molecule has 12 heavy (non-hydrogen) atoms. The van der Waals surface area contributed by atoms with Crippen molar-refractivity contribution in [2.45, 2.75) is 60.0 Å². The summed E-state index contributed by atoms with van der Waals surface area (Å²) in [6.07, 6.45) is 3.99. The highest BCUT2D eigenvalue weighted by Crippen LogP contribution is 2.28. The second kappa shape index (κ2) is 5.58. The number of hydrogen-bond acceptors (Lipinski definition) is 1. The molecule has 0 aromatic heterocycles. The Bertz CT molecular complexity index is 108. The first kappa shape index (κ1) is 12.0. The molecule has 0 aliphatic rings. The van der Waals surface area contributed by atoms with Gasteiger partial charge in [0.15, 0.2) is 0 Å². The van der Waals surface area contributed by atoms with Crippen molar-refractivity contribution in [1.29, 1.82) is 0 Å². The van der Waals surface area contributed by atoms with Crippen molar-refractivity contribution in [3.05, 3.63) is 0 Å². The van der Waals surface area contributed by atoms with Crippen LogP contribution in [0.1, 0.15) is 53.9 Å². The highest BCUT2D eigenvalue weighted by molar-refractivity contribution is 4.74. The number of hydrogen-bond donors (Lipinski definition) is 0. The van der Waals surface area contributed by atoms with Crippen LogP contribution in [-0.2, 0) is 4.74 Å². The van der Waals surface area contributed by atoms with Crippen molar-refractivity contribution in [1.82, 2.24) is 0 Å². The molecule has 0 aromatic carbocycles. The van der Waals surface area contributed by atoms with E-state index in [1.54, 1.807) is 0 Å². The first-order valence-electron chi connectivity index (χ1n) is 5.16. The summed E-state index contributed by atoms with van der Waals surface area (Å²) in [6.45, 7) is 12.0. The van der Waals surface area contributed by atoms with E-state index in [0.29, 0.717) is 11.5 Å². The van der Waals surface area contributed by atoms with Gasteiger partial charge in [-0.05, 0) is 25.2 Å². The summed E-state index contributed by atoms with van der Waals surface area (Å²) >= 11 is 0. The highest BCUT2D eigenvalue weighted by Gasteiger charge is 2.24. The molecule has 0 bridgehead atoms. The van der Waals surface area contributed by atoms with E-state index in [4.69, 9.17) is 4.74 Å². The average molecular weight is 172 g/mol. The number of ether oxygens (including phenoxy) is 1. The van der Waals surface area contributed by atoms with Crippen LogP contribution >= 0.6 is 0 Å². The van der Waals surface area contributed by atoms with E-state index in [-0.39, 0.29) is 0 Å². The van der Waals surface area contributed by atoms with Crippen LogP contribution in [0.2, 0.25) is 0 Å². The number of rotatable bonds is 6. The second-order valence-corrected chi connectivity index (χ2v) is 4.25. The molecular weight excluding hydrogens is 148 g/mol. The van der Waals surface area contributed by atoms with Gasteiger partial charge < -0.3 is 4.74 Å². The SMILES string of the molecule is CCCOC(C)C(C)(C)CCC. The molecule has 0 N–H and O–H groups in total. The van der Waals surface area contributed by atoms with E-state index in [2.05, 4.69) is 34.6 Å². The van der Waals surface area contributed by atoms with Crippen molar-refractivity contribution < 1.29 is 4.74 Å². The van der Waals surface area contributed by atoms with Gasteiger partial charge in [0.25, 0.3) is 0 Å². The first-order valence-corrected chi connectivity index (χ1v) is 5.16. The zero-order valence-corrected chi connectivity index (χ0v) is 9.31. The van der Waals surface area contributed by atoms with Crippen LogP contribution in [0.15, 0.2) is 0 Å². The van der Waals surface area contributed by atoms with Crippen LogP contribution in [0.25, 0.3) is 0 Å². The zero-order chi connectivity index (χ0) is 9.61. The van der Waals surface area contributed by atoms with Crippen LogP contribution in [0.5, 0.6) is 0 Å². The van der Waals surface area contributed by atoms with Crippen LogP contribution in [-0.4, -0.2) is 12.7 Å². The summed E-state index contributed by atoms with van der Waals surface area (Å²) in [6, 6.07) is 0. The Balaban J connectivity index is 3.79. The molecule has 0 amide bonds. The second-order valence-electron chi connectivity index (χ2n) is 4.25. The smallest absolute Gasteiger partial charge is 0.0597 e. The Labute approximate surface area is 77.5 Å². The summed E-state index contributed by atoms with van der Waals surface area (Å²) in [5, 5.41) is 0. The van der Waals surface area contributed by atoms with Gasteiger partial charge in [0.1, 0.15) is 0 Å². The monoisotopic (exact) mass is 172 g/mol. The minimum absolute atomic E-state index is 0.337. The third-order valence-electron chi connectivity index (χ3n) is 2.57. The molecule has 74 valence electrons. The summed E-state index contributed by atoms with van der Waals surface area (Å²) in [4.78, 5) is 0. The molecule has 0 fully saturated rings. The molecule has 1 atom stereocenters. The minimum Gasteiger partial charge on any atom is -0.378 e. The lowest BCUT2D eigenvalue weighted by molar-refractivity contribution is -0.0168. The first-order chi connectivity index (χ1) is 5.54. The van der Waals surface area contributed by atoms with Crippen molar-refractivity contribution in [3.63, 3.8) is 0 Å². The maximum atomic E-state index is 5.71. The predicted molar refractivity (Wildman–Crippen MR) is 54.4 cm³/mol. The fourth-order valence-corrected chi connectivity index (χ4v) is 1.37. The van der Waals surface area contributed by atoms with E-state index < -0.39 is 0 Å². The van der Waals surface area contributed by atoms with Gasteiger partial charge in [-0.2, -0.15) is 0 Å². The normalized spacial score (nSPS) is 14.8. The Hall–Kier alpha value is -0.0400. The third-order valence-corrected chi connectivity index (χ3v) is 2.57. The van der Waals surface area contributed by atoms with Crippen molar-refractivity contribution in [3.8, 4) is 0 Å². The maximum absolute atomic E-state index is 5.71. The Morgan fingerprint density at radius 3 is 2.17 bits per heavy atom. The zero-order valence-electron chi connectivity index (χ0n) is 9.31. The van der Waals surface area contributed by atoms with Crippen molar-refractivity contribution in [2.24, 2.45) is 5.41 Å². The van der Waals surface area contributed by atoms with Crippen LogP contribution in [0, 0.1) is 5.41 Å². The minimum atomic E-state index is 0.337. The quantitative estimate of drug-likeness (QED) is 0.594. The standard InChI is InChI=1S/C11H24O/c1-6-8-11(4,5)10(3)12-9-7-2/h10H,6-9H2,1-5H3. The van der Waals surface area contributed by atoms with Gasteiger partial charge in [0, 0.05) is 6.61 Å². The Morgan fingerprint density at radius 1 is 1.17 bits per heavy atom. The van der Waals surface area contributed by atoms with Crippen LogP contribution in [0.3, 0.4) is 0 Å². The lowest BCUT2D eigenvalue weighted by Gasteiger charge is -2.31. The summed E-state index contributed by atoms with van der Waals surface area (Å²) in [5.41, 5.74) is 0.337. The van der Waals surface area contributed by atoms with E-state index in [1.807, 2.05) is 0 Å². The van der Waals surface area contributed by atoms with Crippen molar-refractivity contribution in [2.75, 3.05) is 6.61 Å². The fraction of sp³-hybridized carbons (Fsp3) is 1.00. The van der Waals surface area contributed by atoms with E-state index >= 15 is 0 Å². The molecule has 0 aromatic rings. The van der Waals surface area contributed by atoms with Crippen LogP contribution < -0.4 is 0 Å². The fourth-order valence-electron chi connectivity index (χ4n) is 1.37. The van der Waals surface area contributed by atoms with Crippen LogP contribution in [0.4, 0.5) is 0 Å². The van der Waals surface area contributed by atoms with Crippen molar-refractivity contribution >= 4 is 0 Å². The van der Waals surface area contributed by atoms with Gasteiger partial charge >= 0.3 is 0 Å². The largest absolute Gasteiger partial charge is 0.378 e. The van der Waals surface area contributed by atoms with E-state index in [9.17, 15) is 0 Å². The molecule has 1 heteroatoms. The Kier molecular flexibility index (Phi) is 5.56. The molecule has 0 rings (SSSR count). The maximum Gasteiger partial charge on any atom is 0.0597 e. The third kappa shape index (κ3) is 4.10. The molecule has 0 spiro atoms. The lowest BCUT2D eigenvalue weighted by Crippen LogP contribution is -2.29. The molecule has 0 aliphatic heterocycles. The molecular formula is C11H24O. The highest BCUT2D eigenvalue weighted by atomic mass is 16.5. The Morgan fingerprint density at radius 2 is 1.75 bits per heavy atom. The summed E-state index contributed by atoms with van der Waals surface area (Å²) < 4.78 is 5.71. The molecule has 1 nitrogen and oxygen atoms in total. The van der Waals surface area contributed by atoms with Gasteiger partial charge in [-0.3, -0.25) is 0 Å². The van der Waals surface area contributed by atoms with Gasteiger partial charge in [0.05, 0.1) is 6.10 Å². The van der Waals surface area contributed by atoms with Gasteiger partial charge in [-0.15, -0.1) is 0 Å². The van der Waals surface area contributed by atoms with Gasteiger partial charge in [-0.25, -0.2) is 0 Å². The van der Waals surface area contributed by atoms with Gasteiger partial charge in [-0.1, -0.05) is 34.1 Å². The van der Waals surface area contributed by atoms with E-state index in [0.717, 1.165) is 13.0 Å². The molecule has 0 radical (unpaired) electrons. The summed E-state index contributed by atoms with van der Waals surface area (Å²) in [5.74, 6) is 0. The molecule has 0 aliphatic carbocycles. The topological polar surface area (TPSA) is 9.23 Å². The predicted octanol–water partition coefficient (Wildman–Crippen LogP) is 3.63. The molecule has 0 heterocycles. The van der Waals surface area contributed by atoms with Gasteiger partial charge in [0.2, 0.25) is 0 Å². The molecule has 0 saturated carbocycles.